The number of esters is 1. The Morgan fingerprint density at radius 2 is 1.44 bits per heavy atom. The number of rotatable bonds is 14. The van der Waals surface area contributed by atoms with Crippen LogP contribution in [0.4, 0.5) is 4.39 Å². The lowest BCUT2D eigenvalue weighted by Gasteiger charge is -2.27. The molecule has 0 amide bonds. The zero-order chi connectivity index (χ0) is 25.6. The van der Waals surface area contributed by atoms with E-state index in [0.29, 0.717) is 11.3 Å². The minimum absolute atomic E-state index is 0.0127. The summed E-state index contributed by atoms with van der Waals surface area (Å²) in [6.07, 6.45) is 19.1. The maximum Gasteiger partial charge on any atom is 0.314 e. The topological polar surface area (TPSA) is 50.1 Å². The summed E-state index contributed by atoms with van der Waals surface area (Å²) in [6, 6.07) is 13.5. The Morgan fingerprint density at radius 1 is 0.861 bits per heavy atom. The highest BCUT2D eigenvalue weighted by Gasteiger charge is 2.27. The molecule has 0 aromatic heterocycles. The predicted molar refractivity (Wildman–Crippen MR) is 144 cm³/mol. The summed E-state index contributed by atoms with van der Waals surface area (Å²) >= 11 is 0. The molecule has 0 unspecified atom stereocenters. The first kappa shape index (κ1) is 27.9. The third-order valence-electron chi connectivity index (χ3n) is 7.64. The van der Waals surface area contributed by atoms with Gasteiger partial charge in [-0.3, -0.25) is 4.79 Å². The second kappa shape index (κ2) is 15.4. The normalized spacial score (nSPS) is 17.5. The monoisotopic (exact) mass is 491 g/mol. The summed E-state index contributed by atoms with van der Waals surface area (Å²) in [5.74, 6) is 0.598. The van der Waals surface area contributed by atoms with Crippen LogP contribution in [0.25, 0.3) is 11.1 Å². The predicted octanol–water partition coefficient (Wildman–Crippen LogP) is 9.39. The van der Waals surface area contributed by atoms with E-state index in [2.05, 4.69) is 6.92 Å². The molecule has 2 aromatic carbocycles. The van der Waals surface area contributed by atoms with Crippen LogP contribution in [0.3, 0.4) is 0 Å². The van der Waals surface area contributed by atoms with Gasteiger partial charge in [-0.15, -0.1) is 0 Å². The van der Waals surface area contributed by atoms with Crippen LogP contribution in [0.2, 0.25) is 0 Å². The van der Waals surface area contributed by atoms with Crippen molar-refractivity contribution < 1.29 is 13.9 Å². The zero-order valence-electron chi connectivity index (χ0n) is 21.9. The molecule has 2 aromatic rings. The van der Waals surface area contributed by atoms with Gasteiger partial charge < -0.3 is 4.74 Å². The van der Waals surface area contributed by atoms with Gasteiger partial charge in [0.1, 0.15) is 17.6 Å². The molecular formula is C32H42FNO2. The van der Waals surface area contributed by atoms with Gasteiger partial charge >= 0.3 is 5.97 Å². The van der Waals surface area contributed by atoms with Crippen molar-refractivity contribution in [3.63, 3.8) is 0 Å². The first-order valence-electron chi connectivity index (χ1n) is 14.1. The van der Waals surface area contributed by atoms with Gasteiger partial charge in [0.15, 0.2) is 0 Å². The largest absolute Gasteiger partial charge is 0.426 e. The molecule has 0 aliphatic heterocycles. The number of nitrogens with zero attached hydrogens (tertiary/aromatic N) is 1. The molecule has 1 aliphatic carbocycles. The van der Waals surface area contributed by atoms with E-state index in [-0.39, 0.29) is 17.5 Å². The lowest BCUT2D eigenvalue weighted by Crippen LogP contribution is -2.25. The highest BCUT2D eigenvalue weighted by molar-refractivity contribution is 5.75. The molecule has 0 N–H and O–H groups in total. The fourth-order valence-electron chi connectivity index (χ4n) is 5.31. The van der Waals surface area contributed by atoms with Crippen molar-refractivity contribution in [2.75, 3.05) is 0 Å². The number of nitriles is 1. The van der Waals surface area contributed by atoms with E-state index < -0.39 is 5.82 Å². The van der Waals surface area contributed by atoms with Crippen molar-refractivity contribution in [2.24, 2.45) is 11.8 Å². The third-order valence-corrected chi connectivity index (χ3v) is 7.64. The quantitative estimate of drug-likeness (QED) is 0.150. The van der Waals surface area contributed by atoms with E-state index in [1.807, 2.05) is 18.2 Å². The molecule has 3 nitrogen and oxygen atoms in total. The van der Waals surface area contributed by atoms with Crippen molar-refractivity contribution in [3.8, 4) is 22.9 Å². The second-order valence-corrected chi connectivity index (χ2v) is 10.4. The molecule has 0 radical (unpaired) electrons. The van der Waals surface area contributed by atoms with Gasteiger partial charge in [0.2, 0.25) is 0 Å². The van der Waals surface area contributed by atoms with E-state index in [1.165, 1.54) is 82.8 Å². The number of carbonyl (C=O) groups excluding carboxylic acids is 1. The Bertz CT molecular complexity index is 971. The number of hydrogen-bond acceptors (Lipinski definition) is 3. The van der Waals surface area contributed by atoms with E-state index in [4.69, 9.17) is 10.00 Å². The van der Waals surface area contributed by atoms with Crippen LogP contribution in [-0.2, 0) is 4.79 Å². The Morgan fingerprint density at radius 3 is 2.03 bits per heavy atom. The summed E-state index contributed by atoms with van der Waals surface area (Å²) in [7, 11) is 0. The standard InChI is InChI=1S/C32H42FNO2/c1-2-3-4-5-6-7-8-9-10-11-12-25-13-15-27(16-14-25)32(35)36-30-21-19-26(20-22-30)28-17-18-29(24-34)31(33)23-28/h17-23,25,27H,2-16H2,1H3. The third kappa shape index (κ3) is 9.08. The lowest BCUT2D eigenvalue weighted by molar-refractivity contribution is -0.140. The lowest BCUT2D eigenvalue weighted by atomic mass is 9.79. The average Bonchev–Trinajstić information content (AvgIpc) is 2.90. The van der Waals surface area contributed by atoms with E-state index in [9.17, 15) is 9.18 Å². The highest BCUT2D eigenvalue weighted by Crippen LogP contribution is 2.33. The van der Waals surface area contributed by atoms with Crippen molar-refractivity contribution in [1.29, 1.82) is 5.26 Å². The summed E-state index contributed by atoms with van der Waals surface area (Å²) < 4.78 is 19.6. The van der Waals surface area contributed by atoms with Gasteiger partial charge in [-0.1, -0.05) is 95.8 Å². The maximum absolute atomic E-state index is 13.9. The molecule has 0 saturated heterocycles. The molecule has 0 atom stereocenters. The van der Waals surface area contributed by atoms with E-state index in [1.54, 1.807) is 18.2 Å². The maximum atomic E-state index is 13.9. The van der Waals surface area contributed by atoms with E-state index in [0.717, 1.165) is 37.2 Å². The number of halogens is 1. The second-order valence-electron chi connectivity index (χ2n) is 10.4. The molecule has 4 heteroatoms. The smallest absolute Gasteiger partial charge is 0.314 e. The number of carbonyl (C=O) groups is 1. The molecule has 3 rings (SSSR count). The van der Waals surface area contributed by atoms with Crippen molar-refractivity contribution in [2.45, 2.75) is 103 Å². The minimum atomic E-state index is -0.533. The molecule has 0 bridgehead atoms. The molecule has 1 fully saturated rings. The Hall–Kier alpha value is -2.67. The van der Waals surface area contributed by atoms with Gasteiger partial charge in [-0.05, 0) is 67.0 Å². The minimum Gasteiger partial charge on any atom is -0.426 e. The van der Waals surface area contributed by atoms with Gasteiger partial charge in [0.05, 0.1) is 11.5 Å². The van der Waals surface area contributed by atoms with Gasteiger partial charge in [-0.2, -0.15) is 5.26 Å². The van der Waals surface area contributed by atoms with E-state index >= 15 is 0 Å². The molecule has 194 valence electrons. The average molecular weight is 492 g/mol. The zero-order valence-corrected chi connectivity index (χ0v) is 21.9. The van der Waals surface area contributed by atoms with Gasteiger partial charge in [0.25, 0.3) is 0 Å². The fraction of sp³-hybridized carbons (Fsp3) is 0.562. The summed E-state index contributed by atoms with van der Waals surface area (Å²) in [4.78, 5) is 12.7. The number of unbranched alkanes of at least 4 members (excludes halogenated alkanes) is 9. The Balaban J connectivity index is 1.31. The van der Waals surface area contributed by atoms with Crippen LogP contribution in [0.1, 0.15) is 109 Å². The van der Waals surface area contributed by atoms with Crippen molar-refractivity contribution in [1.82, 2.24) is 0 Å². The van der Waals surface area contributed by atoms with Crippen LogP contribution < -0.4 is 4.74 Å². The fourth-order valence-corrected chi connectivity index (χ4v) is 5.31. The summed E-state index contributed by atoms with van der Waals surface area (Å²) in [5, 5.41) is 8.88. The molecule has 36 heavy (non-hydrogen) atoms. The first-order valence-corrected chi connectivity index (χ1v) is 14.1. The number of benzene rings is 2. The van der Waals surface area contributed by atoms with Crippen LogP contribution >= 0.6 is 0 Å². The van der Waals surface area contributed by atoms with Crippen LogP contribution in [0, 0.1) is 29.0 Å². The highest BCUT2D eigenvalue weighted by atomic mass is 19.1. The summed E-state index contributed by atoms with van der Waals surface area (Å²) in [5.41, 5.74) is 1.53. The molecule has 0 heterocycles. The van der Waals surface area contributed by atoms with Crippen LogP contribution in [0.15, 0.2) is 42.5 Å². The molecular weight excluding hydrogens is 449 g/mol. The van der Waals surface area contributed by atoms with Crippen molar-refractivity contribution in [3.05, 3.63) is 53.8 Å². The molecule has 1 saturated carbocycles. The summed E-state index contributed by atoms with van der Waals surface area (Å²) in [6.45, 7) is 2.27. The van der Waals surface area contributed by atoms with Crippen LogP contribution in [-0.4, -0.2) is 5.97 Å². The number of ether oxygens (including phenoxy) is 1. The van der Waals surface area contributed by atoms with Crippen molar-refractivity contribution >= 4 is 5.97 Å². The SMILES string of the molecule is CCCCCCCCCCCCC1CCC(C(=O)Oc2ccc(-c3ccc(C#N)c(F)c3)cc2)CC1. The van der Waals surface area contributed by atoms with Crippen LogP contribution in [0.5, 0.6) is 5.75 Å². The molecule has 0 spiro atoms. The first-order chi connectivity index (χ1) is 17.6. The van der Waals surface area contributed by atoms with Gasteiger partial charge in [-0.25, -0.2) is 4.39 Å². The van der Waals surface area contributed by atoms with Gasteiger partial charge in [0, 0.05) is 0 Å². The molecule has 1 aliphatic rings. The number of hydrogen-bond donors (Lipinski definition) is 0. The Kier molecular flexibility index (Phi) is 12.0. The Labute approximate surface area is 217 Å².